The Balaban J connectivity index is 2.10. The highest BCUT2D eigenvalue weighted by atomic mass is 16.7. The van der Waals surface area contributed by atoms with Gasteiger partial charge in [-0.1, -0.05) is 37.6 Å². The molecule has 0 saturated carbocycles. The van der Waals surface area contributed by atoms with Gasteiger partial charge >= 0.3 is 7.12 Å². The molecule has 0 aliphatic carbocycles. The van der Waals surface area contributed by atoms with E-state index in [-0.39, 0.29) is 18.3 Å². The maximum Gasteiger partial charge on any atom is 0.495 e. The summed E-state index contributed by atoms with van der Waals surface area (Å²) in [6, 6.07) is 8.39. The molecule has 0 spiro atoms. The van der Waals surface area contributed by atoms with E-state index >= 15 is 0 Å². The lowest BCUT2D eigenvalue weighted by atomic mass is 9.76. The van der Waals surface area contributed by atoms with Crippen LogP contribution in [0, 0.1) is 0 Å². The van der Waals surface area contributed by atoms with Crippen molar-refractivity contribution in [3.8, 4) is 0 Å². The van der Waals surface area contributed by atoms with Gasteiger partial charge in [0.25, 0.3) is 0 Å². The van der Waals surface area contributed by atoms with Crippen LogP contribution in [0.2, 0.25) is 0 Å². The molecule has 116 valence electrons. The Bertz CT molecular complexity index is 458. The van der Waals surface area contributed by atoms with Crippen molar-refractivity contribution in [1.82, 2.24) is 5.32 Å². The first kappa shape index (κ1) is 16.5. The molecule has 4 heteroatoms. The van der Waals surface area contributed by atoms with Crippen molar-refractivity contribution >= 4 is 12.6 Å². The third kappa shape index (κ3) is 3.68. The van der Waals surface area contributed by atoms with Crippen molar-refractivity contribution in [2.75, 3.05) is 6.54 Å². The molecule has 1 aliphatic rings. The van der Waals surface area contributed by atoms with E-state index in [2.05, 4.69) is 64.2 Å². The summed E-state index contributed by atoms with van der Waals surface area (Å²) in [6.45, 7) is 12.5. The fourth-order valence-corrected chi connectivity index (χ4v) is 2.42. The van der Waals surface area contributed by atoms with Crippen molar-refractivity contribution in [2.24, 2.45) is 0 Å². The molecule has 1 fully saturated rings. The highest BCUT2D eigenvalue weighted by Crippen LogP contribution is 2.36. The average molecular weight is 289 g/mol. The Hall–Kier alpha value is -0.835. The highest BCUT2D eigenvalue weighted by molar-refractivity contribution is 6.62. The molecule has 2 rings (SSSR count). The van der Waals surface area contributed by atoms with Crippen LogP contribution >= 0.6 is 0 Å². The predicted molar refractivity (Wildman–Crippen MR) is 88.8 cm³/mol. The summed E-state index contributed by atoms with van der Waals surface area (Å²) in [6.07, 6.45) is 2.42. The Labute approximate surface area is 129 Å². The molecule has 1 N–H and O–H groups in total. The van der Waals surface area contributed by atoms with Crippen molar-refractivity contribution < 1.29 is 9.31 Å². The van der Waals surface area contributed by atoms with Crippen LogP contribution in [-0.4, -0.2) is 24.9 Å². The van der Waals surface area contributed by atoms with Gasteiger partial charge in [-0.3, -0.25) is 0 Å². The molecule has 1 heterocycles. The molecule has 3 nitrogen and oxygen atoms in total. The molecular weight excluding hydrogens is 261 g/mol. The molecule has 21 heavy (non-hydrogen) atoms. The molecule has 0 atom stereocenters. The molecule has 1 aliphatic heterocycles. The van der Waals surface area contributed by atoms with Crippen molar-refractivity contribution in [3.05, 3.63) is 29.8 Å². The SMILES string of the molecule is CCCCNCc1ccccc1B1OC(C)(C)C(C)(C)O1. The number of unbranched alkanes of at least 4 members (excludes halogenated alkanes) is 1. The second kappa shape index (κ2) is 6.51. The van der Waals surface area contributed by atoms with Crippen LogP contribution in [0.4, 0.5) is 0 Å². The van der Waals surface area contributed by atoms with Crippen molar-refractivity contribution in [1.29, 1.82) is 0 Å². The maximum atomic E-state index is 6.17. The van der Waals surface area contributed by atoms with E-state index in [1.165, 1.54) is 18.4 Å². The number of rotatable bonds is 6. The number of hydrogen-bond donors (Lipinski definition) is 1. The predicted octanol–water partition coefficient (Wildman–Crippen LogP) is 2.88. The molecule has 0 bridgehead atoms. The smallest absolute Gasteiger partial charge is 0.399 e. The van der Waals surface area contributed by atoms with E-state index in [1.807, 2.05) is 0 Å². The van der Waals surface area contributed by atoms with Crippen LogP contribution in [0.25, 0.3) is 0 Å². The van der Waals surface area contributed by atoms with Gasteiger partial charge in [-0.05, 0) is 51.7 Å². The van der Waals surface area contributed by atoms with Crippen molar-refractivity contribution in [3.63, 3.8) is 0 Å². The van der Waals surface area contributed by atoms with Gasteiger partial charge in [-0.2, -0.15) is 0 Å². The first-order valence-electron chi connectivity index (χ1n) is 8.01. The molecule has 1 aromatic rings. The summed E-state index contributed by atoms with van der Waals surface area (Å²) in [5.41, 5.74) is 1.81. The van der Waals surface area contributed by atoms with Crippen LogP contribution in [0.3, 0.4) is 0 Å². The molecule has 0 aromatic heterocycles. The summed E-state index contributed by atoms with van der Waals surface area (Å²) >= 11 is 0. The van der Waals surface area contributed by atoms with Crippen molar-refractivity contribution in [2.45, 2.75) is 65.2 Å². The van der Waals surface area contributed by atoms with Crippen LogP contribution in [0.1, 0.15) is 53.0 Å². The molecule has 1 aromatic carbocycles. The van der Waals surface area contributed by atoms with Crippen LogP contribution in [-0.2, 0) is 15.9 Å². The van der Waals surface area contributed by atoms with E-state index < -0.39 is 0 Å². The fourth-order valence-electron chi connectivity index (χ4n) is 2.42. The average Bonchev–Trinajstić information content (AvgIpc) is 2.64. The monoisotopic (exact) mass is 289 g/mol. The lowest BCUT2D eigenvalue weighted by Gasteiger charge is -2.32. The Morgan fingerprint density at radius 1 is 1.05 bits per heavy atom. The maximum absolute atomic E-state index is 6.17. The molecule has 1 saturated heterocycles. The number of benzene rings is 1. The van der Waals surface area contributed by atoms with Gasteiger partial charge in [0.1, 0.15) is 0 Å². The lowest BCUT2D eigenvalue weighted by molar-refractivity contribution is 0.00578. The van der Waals surface area contributed by atoms with Crippen LogP contribution < -0.4 is 10.8 Å². The zero-order valence-corrected chi connectivity index (χ0v) is 14.0. The lowest BCUT2D eigenvalue weighted by Crippen LogP contribution is -2.41. The highest BCUT2D eigenvalue weighted by Gasteiger charge is 2.52. The zero-order chi connectivity index (χ0) is 15.5. The summed E-state index contributed by atoms with van der Waals surface area (Å²) in [4.78, 5) is 0. The Kier molecular flexibility index (Phi) is 5.13. The number of hydrogen-bond acceptors (Lipinski definition) is 3. The molecular formula is C17H28BNO2. The first-order valence-corrected chi connectivity index (χ1v) is 8.01. The summed E-state index contributed by atoms with van der Waals surface area (Å²) in [5.74, 6) is 0. The van der Waals surface area contributed by atoms with Gasteiger partial charge in [-0.25, -0.2) is 0 Å². The molecule has 0 radical (unpaired) electrons. The van der Waals surface area contributed by atoms with Gasteiger partial charge in [-0.15, -0.1) is 0 Å². The quantitative estimate of drug-likeness (QED) is 0.645. The van der Waals surface area contributed by atoms with Gasteiger partial charge in [0, 0.05) is 6.54 Å². The van der Waals surface area contributed by atoms with Gasteiger partial charge in [0.15, 0.2) is 0 Å². The second-order valence-corrected chi connectivity index (χ2v) is 6.82. The fraction of sp³-hybridized carbons (Fsp3) is 0.647. The summed E-state index contributed by atoms with van der Waals surface area (Å²) in [5, 5.41) is 3.50. The number of nitrogens with one attached hydrogen (secondary N) is 1. The largest absolute Gasteiger partial charge is 0.495 e. The normalized spacial score (nSPS) is 20.0. The Morgan fingerprint density at radius 3 is 2.29 bits per heavy atom. The minimum Gasteiger partial charge on any atom is -0.399 e. The van der Waals surface area contributed by atoms with Gasteiger partial charge in [0.05, 0.1) is 11.2 Å². The van der Waals surface area contributed by atoms with E-state index in [1.54, 1.807) is 0 Å². The summed E-state index contributed by atoms with van der Waals surface area (Å²) < 4.78 is 12.3. The molecule has 0 unspecified atom stereocenters. The minimum atomic E-state index is -0.291. The molecule has 0 amide bonds. The van der Waals surface area contributed by atoms with E-state index in [4.69, 9.17) is 9.31 Å². The minimum absolute atomic E-state index is 0.279. The first-order chi connectivity index (χ1) is 9.87. The zero-order valence-electron chi connectivity index (χ0n) is 14.0. The third-order valence-electron chi connectivity index (χ3n) is 4.58. The third-order valence-corrected chi connectivity index (χ3v) is 4.58. The van der Waals surface area contributed by atoms with Gasteiger partial charge < -0.3 is 14.6 Å². The van der Waals surface area contributed by atoms with E-state index in [0.717, 1.165) is 18.6 Å². The van der Waals surface area contributed by atoms with Crippen LogP contribution in [0.5, 0.6) is 0 Å². The van der Waals surface area contributed by atoms with Gasteiger partial charge in [0.2, 0.25) is 0 Å². The van der Waals surface area contributed by atoms with E-state index in [9.17, 15) is 0 Å². The van der Waals surface area contributed by atoms with E-state index in [0.29, 0.717) is 0 Å². The standard InChI is InChI=1S/C17H28BNO2/c1-6-7-12-19-13-14-10-8-9-11-15(14)18-20-16(2,3)17(4,5)21-18/h8-11,19H,6-7,12-13H2,1-5H3. The topological polar surface area (TPSA) is 30.5 Å². The van der Waals surface area contributed by atoms with Crippen LogP contribution in [0.15, 0.2) is 24.3 Å². The Morgan fingerprint density at radius 2 is 1.67 bits per heavy atom. The second-order valence-electron chi connectivity index (χ2n) is 6.82. The summed E-state index contributed by atoms with van der Waals surface area (Å²) in [7, 11) is -0.279.